The number of aliphatic carboxylic acids is 1. The summed E-state index contributed by atoms with van der Waals surface area (Å²) in [5, 5.41) is 7.55. The predicted octanol–water partition coefficient (Wildman–Crippen LogP) is 2.69. The lowest BCUT2D eigenvalue weighted by Gasteiger charge is -1.98. The van der Waals surface area contributed by atoms with Crippen LogP contribution in [0, 0.1) is 0 Å². The van der Waals surface area contributed by atoms with Crippen LogP contribution in [0.2, 0.25) is 0 Å². The minimum absolute atomic E-state index is 0.636. The molecular weight excluding hydrogens is 200 g/mol. The van der Waals surface area contributed by atoms with E-state index in [4.69, 9.17) is 5.11 Å². The van der Waals surface area contributed by atoms with Crippen LogP contribution in [0.4, 0.5) is 0 Å². The maximum Gasteiger partial charge on any atom is 0.383 e. The van der Waals surface area contributed by atoms with E-state index in [1.54, 1.807) is 0 Å². The first-order valence-electron chi connectivity index (χ1n) is 5.08. The van der Waals surface area contributed by atoms with Crippen LogP contribution in [0.1, 0.15) is 45.4 Å². The zero-order valence-electron chi connectivity index (χ0n) is 8.62. The topological polar surface area (TPSA) is 54.4 Å². The molecule has 3 nitrogen and oxygen atoms in total. The van der Waals surface area contributed by atoms with Crippen LogP contribution in [0.5, 0.6) is 0 Å². The lowest BCUT2D eigenvalue weighted by Crippen LogP contribution is -2.08. The molecule has 0 aromatic heterocycles. The van der Waals surface area contributed by atoms with Crippen molar-refractivity contribution >= 4 is 22.8 Å². The van der Waals surface area contributed by atoms with Gasteiger partial charge in [-0.15, -0.1) is 0 Å². The molecule has 0 atom stereocenters. The van der Waals surface area contributed by atoms with Gasteiger partial charge in [0.2, 0.25) is 0 Å². The van der Waals surface area contributed by atoms with Gasteiger partial charge in [0.05, 0.1) is 0 Å². The normalized spacial score (nSPS) is 10.1. The Balaban J connectivity index is 3.13. The average molecular weight is 218 g/mol. The second kappa shape index (κ2) is 9.06. The van der Waals surface area contributed by atoms with Crippen molar-refractivity contribution in [2.24, 2.45) is 0 Å². The molecule has 0 rings (SSSR count). The lowest BCUT2D eigenvalue weighted by atomic mass is 10.1. The highest BCUT2D eigenvalue weighted by Crippen LogP contribution is 2.10. The van der Waals surface area contributed by atoms with Gasteiger partial charge < -0.3 is 5.11 Å². The van der Waals surface area contributed by atoms with Gasteiger partial charge in [-0.05, 0) is 6.42 Å². The van der Waals surface area contributed by atoms with E-state index < -0.39 is 11.1 Å². The summed E-state index contributed by atoms with van der Waals surface area (Å²) < 4.78 is 0. The summed E-state index contributed by atoms with van der Waals surface area (Å²) in [4.78, 5) is 20.8. The van der Waals surface area contributed by atoms with E-state index in [1.165, 1.54) is 25.7 Å². The lowest BCUT2D eigenvalue weighted by molar-refractivity contribution is -0.144. The number of rotatable bonds is 7. The maximum atomic E-state index is 10.6. The Morgan fingerprint density at radius 3 is 2.21 bits per heavy atom. The van der Waals surface area contributed by atoms with Crippen LogP contribution >= 0.6 is 11.8 Å². The van der Waals surface area contributed by atoms with Crippen LogP contribution in [0.3, 0.4) is 0 Å². The molecule has 0 saturated heterocycles. The van der Waals surface area contributed by atoms with E-state index in [-0.39, 0.29) is 0 Å². The molecule has 0 fully saturated rings. The molecule has 0 aliphatic rings. The number of hydrogen-bond donors (Lipinski definition) is 1. The molecule has 0 aromatic carbocycles. The number of hydrogen-bond acceptors (Lipinski definition) is 3. The van der Waals surface area contributed by atoms with Crippen molar-refractivity contribution in [2.75, 3.05) is 5.75 Å². The largest absolute Gasteiger partial charge is 0.475 e. The van der Waals surface area contributed by atoms with Gasteiger partial charge in [-0.25, -0.2) is 4.79 Å². The summed E-state index contributed by atoms with van der Waals surface area (Å²) in [6.07, 6.45) is 6.96. The Kier molecular flexibility index (Phi) is 8.73. The van der Waals surface area contributed by atoms with Gasteiger partial charge in [-0.1, -0.05) is 50.8 Å². The second-order valence-electron chi connectivity index (χ2n) is 3.21. The maximum absolute atomic E-state index is 10.6. The number of thioether (sulfide) groups is 1. The van der Waals surface area contributed by atoms with Crippen LogP contribution in [0.25, 0.3) is 0 Å². The van der Waals surface area contributed by atoms with E-state index in [9.17, 15) is 9.59 Å². The van der Waals surface area contributed by atoms with Crippen LogP contribution in [0.15, 0.2) is 0 Å². The van der Waals surface area contributed by atoms with Crippen molar-refractivity contribution in [3.8, 4) is 0 Å². The van der Waals surface area contributed by atoms with E-state index in [1.807, 2.05) is 0 Å². The molecule has 0 spiro atoms. The summed E-state index contributed by atoms with van der Waals surface area (Å²) in [6, 6.07) is 0. The summed E-state index contributed by atoms with van der Waals surface area (Å²) in [7, 11) is 0. The van der Waals surface area contributed by atoms with Crippen molar-refractivity contribution in [3.05, 3.63) is 0 Å². The van der Waals surface area contributed by atoms with Gasteiger partial charge in [0.1, 0.15) is 0 Å². The Morgan fingerprint density at radius 1 is 1.07 bits per heavy atom. The first-order valence-corrected chi connectivity index (χ1v) is 6.07. The standard InChI is InChI=1S/C10H18O3S/c1-2-3-4-5-6-7-8-14-10(13)9(11)12/h2-8H2,1H3,(H,11,12). The summed E-state index contributed by atoms with van der Waals surface area (Å²) in [5.41, 5.74) is 0. The van der Waals surface area contributed by atoms with Crippen molar-refractivity contribution in [2.45, 2.75) is 45.4 Å². The van der Waals surface area contributed by atoms with Crippen molar-refractivity contribution in [3.63, 3.8) is 0 Å². The number of carboxylic acids is 1. The molecule has 0 heterocycles. The van der Waals surface area contributed by atoms with Gasteiger partial charge in [-0.3, -0.25) is 4.79 Å². The fraction of sp³-hybridized carbons (Fsp3) is 0.800. The molecular formula is C10H18O3S. The molecule has 0 radical (unpaired) electrons. The van der Waals surface area contributed by atoms with Crippen LogP contribution in [-0.4, -0.2) is 21.9 Å². The van der Waals surface area contributed by atoms with Gasteiger partial charge in [-0.2, -0.15) is 0 Å². The Bertz CT molecular complexity index is 180. The van der Waals surface area contributed by atoms with Gasteiger partial charge in [0.25, 0.3) is 5.12 Å². The molecule has 0 bridgehead atoms. The molecule has 0 aliphatic carbocycles. The third kappa shape index (κ3) is 8.10. The van der Waals surface area contributed by atoms with E-state index >= 15 is 0 Å². The summed E-state index contributed by atoms with van der Waals surface area (Å²) in [6.45, 7) is 2.17. The molecule has 1 N–H and O–H groups in total. The van der Waals surface area contributed by atoms with Crippen molar-refractivity contribution < 1.29 is 14.7 Å². The smallest absolute Gasteiger partial charge is 0.383 e. The quantitative estimate of drug-likeness (QED) is 0.527. The summed E-state index contributed by atoms with van der Waals surface area (Å²) >= 11 is 0.910. The van der Waals surface area contributed by atoms with Gasteiger partial charge in [0, 0.05) is 5.75 Å². The van der Waals surface area contributed by atoms with Crippen molar-refractivity contribution in [1.82, 2.24) is 0 Å². The minimum Gasteiger partial charge on any atom is -0.475 e. The Labute approximate surface area is 89.3 Å². The molecule has 0 saturated carbocycles. The first-order chi connectivity index (χ1) is 6.68. The summed E-state index contributed by atoms with van der Waals surface area (Å²) in [5.74, 6) is -0.696. The Morgan fingerprint density at radius 2 is 1.64 bits per heavy atom. The highest BCUT2D eigenvalue weighted by molar-refractivity contribution is 8.15. The molecule has 4 heteroatoms. The zero-order chi connectivity index (χ0) is 10.8. The molecule has 0 unspecified atom stereocenters. The molecule has 0 amide bonds. The molecule has 14 heavy (non-hydrogen) atoms. The third-order valence-corrected chi connectivity index (χ3v) is 2.84. The highest BCUT2D eigenvalue weighted by atomic mass is 32.2. The van der Waals surface area contributed by atoms with Crippen LogP contribution in [-0.2, 0) is 9.59 Å². The van der Waals surface area contributed by atoms with Gasteiger partial charge in [0.15, 0.2) is 0 Å². The predicted molar refractivity (Wildman–Crippen MR) is 58.5 cm³/mol. The minimum atomic E-state index is -1.33. The SMILES string of the molecule is CCCCCCCCSC(=O)C(=O)O. The van der Waals surface area contributed by atoms with Gasteiger partial charge >= 0.3 is 5.97 Å². The number of carbonyl (C=O) groups is 2. The fourth-order valence-electron chi connectivity index (χ4n) is 1.11. The fourth-order valence-corrected chi connectivity index (χ4v) is 1.77. The first kappa shape index (κ1) is 13.5. The second-order valence-corrected chi connectivity index (χ2v) is 4.28. The monoisotopic (exact) mass is 218 g/mol. The molecule has 0 aliphatic heterocycles. The van der Waals surface area contributed by atoms with E-state index in [2.05, 4.69) is 6.92 Å². The molecule has 82 valence electrons. The number of carbonyl (C=O) groups excluding carboxylic acids is 1. The average Bonchev–Trinajstić information content (AvgIpc) is 2.16. The number of carboxylic acid groups (broad SMARTS) is 1. The van der Waals surface area contributed by atoms with E-state index in [0.717, 1.165) is 24.6 Å². The molecule has 0 aromatic rings. The zero-order valence-corrected chi connectivity index (χ0v) is 9.44. The third-order valence-electron chi connectivity index (χ3n) is 1.91. The van der Waals surface area contributed by atoms with Crippen molar-refractivity contribution in [1.29, 1.82) is 0 Å². The van der Waals surface area contributed by atoms with Crippen LogP contribution < -0.4 is 0 Å². The number of unbranched alkanes of at least 4 members (excludes halogenated alkanes) is 5. The highest BCUT2D eigenvalue weighted by Gasteiger charge is 2.10. The Hall–Kier alpha value is -0.510. The van der Waals surface area contributed by atoms with E-state index in [0.29, 0.717) is 5.75 Å².